The van der Waals surface area contributed by atoms with E-state index in [4.69, 9.17) is 58.7 Å². The van der Waals surface area contributed by atoms with Crippen LogP contribution in [0.25, 0.3) is 0 Å². The molecule has 0 bridgehead atoms. The minimum atomic E-state index is -5.85. The number of aromatic nitrogens is 1. The second-order valence-corrected chi connectivity index (χ2v) is 20.1. The largest absolute Gasteiger partial charge is 0.265 e. The molecule has 0 radical (unpaired) electrons. The van der Waals surface area contributed by atoms with E-state index in [0.29, 0.717) is 0 Å². The van der Waals surface area contributed by atoms with E-state index in [1.165, 1.54) is 0 Å². The zero-order chi connectivity index (χ0) is 31.2. The Balaban J connectivity index is -0.0000000731. The smallest absolute Gasteiger partial charge is 0.0267 e. The van der Waals surface area contributed by atoms with E-state index < -0.39 is 121 Å². The molecular formula is C5H17F6NO18Sb6. The summed E-state index contributed by atoms with van der Waals surface area (Å²) in [6.07, 6.45) is 3.50. The molecule has 36 heavy (non-hydrogen) atoms. The van der Waals surface area contributed by atoms with Gasteiger partial charge in [-0.2, -0.15) is 0 Å². The summed E-state index contributed by atoms with van der Waals surface area (Å²) in [6.45, 7) is 0. The number of nitrogens with zero attached hydrogens (tertiary/aromatic N) is 1. The van der Waals surface area contributed by atoms with Crippen LogP contribution in [0.1, 0.15) is 0 Å². The van der Waals surface area contributed by atoms with Crippen molar-refractivity contribution in [2.75, 3.05) is 0 Å². The van der Waals surface area contributed by atoms with Gasteiger partial charge in [0.15, 0.2) is 0 Å². The van der Waals surface area contributed by atoms with Crippen LogP contribution in [0.4, 0.5) is 16.9 Å². The molecule has 0 saturated carbocycles. The monoisotopic (exact) mass is 1220 g/mol. The average Bonchev–Trinajstić information content (AvgIpc) is 2.37. The van der Waals surface area contributed by atoms with Gasteiger partial charge in [0.05, 0.1) is 0 Å². The van der Waals surface area contributed by atoms with Gasteiger partial charge in [0.25, 0.3) is 0 Å². The Kier molecular flexibility index (Phi) is 34.9. The Morgan fingerprint density at radius 3 is 0.500 bits per heavy atom. The molecule has 0 amide bonds. The summed E-state index contributed by atoms with van der Waals surface area (Å²) in [4.78, 5) is 3.78. The van der Waals surface area contributed by atoms with E-state index in [2.05, 4.69) is 4.98 Å². The molecule has 0 aliphatic rings. The van der Waals surface area contributed by atoms with Gasteiger partial charge in [-0.25, -0.2) is 0 Å². The third-order valence-corrected chi connectivity index (χ3v) is 0.566. The van der Waals surface area contributed by atoms with Gasteiger partial charge < -0.3 is 0 Å². The van der Waals surface area contributed by atoms with Gasteiger partial charge in [-0.15, -0.1) is 0 Å². The summed E-state index contributed by atoms with van der Waals surface area (Å²) in [5.74, 6) is 0. The van der Waals surface area contributed by atoms with Crippen LogP contribution in [0, 0.1) is 0 Å². The SMILES string of the molecule is [O]=[Sb]([OH])([OH])[F].[O]=[Sb]([OH])([OH])[F].[O]=[Sb]([OH])([OH])[F].[O]=[Sb]([OH])([OH])[F].[O]=[Sb]([OH])([OH])[F].[O]=[Sb]([OH])([OH])[F].c1ccncc1. The minimum absolute atomic E-state index is 1.75. The van der Waals surface area contributed by atoms with Crippen molar-refractivity contribution >= 4 is 121 Å². The van der Waals surface area contributed by atoms with Gasteiger partial charge in [0.1, 0.15) is 0 Å². The topological polar surface area (TPSA) is 358 Å². The molecule has 0 aliphatic carbocycles. The van der Waals surface area contributed by atoms with Gasteiger partial charge >= 0.3 is 197 Å². The molecule has 19 nitrogen and oxygen atoms in total. The molecule has 31 heteroatoms. The second-order valence-electron chi connectivity index (χ2n) is 3.86. The normalized spacial score (nSPS) is 11.2. The maximum atomic E-state index is 10.4. The van der Waals surface area contributed by atoms with Crippen molar-refractivity contribution in [3.8, 4) is 0 Å². The van der Waals surface area contributed by atoms with Crippen molar-refractivity contribution in [1.29, 1.82) is 0 Å². The van der Waals surface area contributed by atoms with Crippen molar-refractivity contribution in [1.82, 2.24) is 4.98 Å². The molecular weight excluding hydrogens is 1210 g/mol. The predicted molar refractivity (Wildman–Crippen MR) is 96.2 cm³/mol. The van der Waals surface area contributed by atoms with Gasteiger partial charge in [0.2, 0.25) is 0 Å². The van der Waals surface area contributed by atoms with Crippen LogP contribution in [0.2, 0.25) is 0 Å². The zero-order valence-electron chi connectivity index (χ0n) is 16.1. The maximum absolute atomic E-state index is 10.4. The molecule has 0 saturated heterocycles. The first-order chi connectivity index (χ1) is 15.0. The van der Waals surface area contributed by atoms with Crippen molar-refractivity contribution in [3.05, 3.63) is 30.6 Å². The van der Waals surface area contributed by atoms with E-state index >= 15 is 0 Å². The fourth-order valence-corrected chi connectivity index (χ4v) is 0.313. The van der Waals surface area contributed by atoms with E-state index in [9.17, 15) is 16.9 Å². The van der Waals surface area contributed by atoms with Crippen LogP contribution >= 0.6 is 0 Å². The summed E-state index contributed by atoms with van der Waals surface area (Å²) in [6, 6.07) is 5.72. The van der Waals surface area contributed by atoms with E-state index in [0.717, 1.165) is 0 Å². The number of halogens is 6. The fourth-order valence-electron chi connectivity index (χ4n) is 0.313. The molecule has 0 spiro atoms. The second kappa shape index (κ2) is 24.7. The maximum Gasteiger partial charge on any atom is 0.0267 e. The number of rotatable bonds is 0. The summed E-state index contributed by atoms with van der Waals surface area (Å²) >= 11 is -35.1. The Bertz CT molecular complexity index is 684. The predicted octanol–water partition coefficient (Wildman–Crippen LogP) is -6.08. The van der Waals surface area contributed by atoms with Crippen LogP contribution in [0.3, 0.4) is 0 Å². The van der Waals surface area contributed by atoms with Crippen LogP contribution in [0.15, 0.2) is 30.6 Å². The fraction of sp³-hybridized carbons (Fsp3) is 0. The van der Waals surface area contributed by atoms with Crippen molar-refractivity contribution in [3.63, 3.8) is 0 Å². The molecule has 1 heterocycles. The average molecular weight is 1220 g/mol. The Morgan fingerprint density at radius 2 is 0.472 bits per heavy atom. The van der Waals surface area contributed by atoms with Gasteiger partial charge in [-0.3, -0.25) is 4.98 Å². The third kappa shape index (κ3) is 694. The molecule has 12 N–H and O–H groups in total. The summed E-state index contributed by atoms with van der Waals surface area (Å²) < 4.78 is 200. The number of pyridine rings is 1. The molecule has 222 valence electrons. The van der Waals surface area contributed by atoms with Crippen molar-refractivity contribution in [2.45, 2.75) is 0 Å². The quantitative estimate of drug-likeness (QED) is 0.0850. The third-order valence-electron chi connectivity index (χ3n) is 0.566. The first kappa shape index (κ1) is 50.8. The molecule has 0 unspecified atom stereocenters. The number of hydrogen-bond acceptors (Lipinski definition) is 7. The van der Waals surface area contributed by atoms with Gasteiger partial charge in [-0.1, -0.05) is 6.07 Å². The molecule has 0 aliphatic heterocycles. The molecule has 1 rings (SSSR count). The van der Waals surface area contributed by atoms with Crippen molar-refractivity contribution < 1.29 is 75.6 Å². The Morgan fingerprint density at radius 1 is 0.361 bits per heavy atom. The molecule has 0 fully saturated rings. The Hall–Kier alpha value is 1.96. The van der Waals surface area contributed by atoms with E-state index in [1.54, 1.807) is 12.4 Å². The van der Waals surface area contributed by atoms with Crippen LogP contribution < -0.4 is 0 Å². The van der Waals surface area contributed by atoms with Crippen LogP contribution in [-0.2, 0) is 18.1 Å². The molecule has 1 aromatic heterocycles. The summed E-state index contributed by atoms with van der Waals surface area (Å²) in [7, 11) is 0. The summed E-state index contributed by atoms with van der Waals surface area (Å²) in [5, 5.41) is 0. The molecule has 1 aromatic rings. The first-order valence-corrected chi connectivity index (χ1v) is 32.1. The van der Waals surface area contributed by atoms with Gasteiger partial charge in [-0.05, 0) is 12.1 Å². The minimum Gasteiger partial charge on any atom is -0.265 e. The summed E-state index contributed by atoms with van der Waals surface area (Å²) in [5.41, 5.74) is 0. The molecule has 0 atom stereocenters. The van der Waals surface area contributed by atoms with Crippen LogP contribution in [-0.4, -0.2) is 167 Å². The van der Waals surface area contributed by atoms with Crippen LogP contribution in [0.5, 0.6) is 0 Å². The first-order valence-electron chi connectivity index (χ1n) is 6.36. The molecule has 0 aromatic carbocycles. The van der Waals surface area contributed by atoms with E-state index in [-0.39, 0.29) is 0 Å². The Labute approximate surface area is 229 Å². The number of hydrogen-bond donors (Lipinski definition) is 12. The zero-order valence-corrected chi connectivity index (χ0v) is 31.4. The van der Waals surface area contributed by atoms with E-state index in [1.807, 2.05) is 18.2 Å². The van der Waals surface area contributed by atoms with Crippen molar-refractivity contribution in [2.24, 2.45) is 0 Å². The standard InChI is InChI=1S/C5H5N.6FH.12H2O.6O.6Sb/c1-2-4-6-5-3-1;;;;;;;;;;;;;;;;;;;;;;;;;;;;;;/h1-5H;6*1H;12*1H2;;;;;;;;;;;;/q;;;;;;;;;;;;;;;;;;;;;;;;;6*+3/p-18. The van der Waals surface area contributed by atoms with Gasteiger partial charge in [0, 0.05) is 12.4 Å².